The summed E-state index contributed by atoms with van der Waals surface area (Å²) in [5.41, 5.74) is 3.57. The van der Waals surface area contributed by atoms with E-state index in [-0.39, 0.29) is 27.5 Å². The van der Waals surface area contributed by atoms with Gasteiger partial charge in [-0.3, -0.25) is 20.4 Å². The van der Waals surface area contributed by atoms with Crippen LogP contribution in [0.15, 0.2) is 47.4 Å². The summed E-state index contributed by atoms with van der Waals surface area (Å²) in [5, 5.41) is 9.68. The Hall–Kier alpha value is -3.11. The first kappa shape index (κ1) is 22.2. The van der Waals surface area contributed by atoms with Gasteiger partial charge in [0.25, 0.3) is 11.8 Å². The molecule has 0 heterocycles. The van der Waals surface area contributed by atoms with Crippen molar-refractivity contribution in [2.24, 2.45) is 0 Å². The predicted octanol–water partition coefficient (Wildman–Crippen LogP) is 1.55. The predicted molar refractivity (Wildman–Crippen MR) is 106 cm³/mol. The molecule has 4 N–H and O–H groups in total. The number of sulfonamides is 1. The minimum atomic E-state index is -3.97. The number of carbonyl (C=O) groups is 2. The Bertz CT molecular complexity index is 1030. The lowest BCUT2D eigenvalue weighted by molar-refractivity contribution is 0.0845. The summed E-state index contributed by atoms with van der Waals surface area (Å²) in [6, 6.07) is 9.67. The third kappa shape index (κ3) is 5.69. The molecule has 0 fully saturated rings. The highest BCUT2D eigenvalue weighted by Crippen LogP contribution is 2.26. The highest BCUT2D eigenvalue weighted by Gasteiger charge is 2.26. The summed E-state index contributed by atoms with van der Waals surface area (Å²) in [4.78, 5) is 24.2. The van der Waals surface area contributed by atoms with E-state index in [0.29, 0.717) is 0 Å². The van der Waals surface area contributed by atoms with Crippen LogP contribution in [-0.2, 0) is 10.0 Å². The summed E-state index contributed by atoms with van der Waals surface area (Å²) in [6.45, 7) is 5.05. The number of aromatic hydroxyl groups is 1. The fraction of sp³-hybridized carbons (Fsp3) is 0.263. The second-order valence-corrected chi connectivity index (χ2v) is 8.80. The van der Waals surface area contributed by atoms with Crippen molar-refractivity contribution in [2.45, 2.75) is 31.2 Å². The number of hydrogen-bond acceptors (Lipinski definition) is 6. The lowest BCUT2D eigenvalue weighted by Crippen LogP contribution is -2.42. The molecule has 2 amide bonds. The van der Waals surface area contributed by atoms with Gasteiger partial charge < -0.3 is 9.84 Å². The highest BCUT2D eigenvalue weighted by molar-refractivity contribution is 7.89. The summed E-state index contributed by atoms with van der Waals surface area (Å²) >= 11 is 0. The van der Waals surface area contributed by atoms with Crippen LogP contribution in [0.4, 0.5) is 0 Å². The Morgan fingerprint density at radius 3 is 2.21 bits per heavy atom. The van der Waals surface area contributed by atoms with Crippen LogP contribution < -0.4 is 20.3 Å². The second-order valence-electron chi connectivity index (χ2n) is 7.15. The Labute approximate surface area is 169 Å². The summed E-state index contributed by atoms with van der Waals surface area (Å²) in [7, 11) is -2.65. The molecule has 2 aromatic rings. The number of rotatable bonds is 5. The van der Waals surface area contributed by atoms with Crippen molar-refractivity contribution < 1.29 is 27.9 Å². The smallest absolute Gasteiger partial charge is 0.273 e. The molecule has 0 unspecified atom stereocenters. The molecule has 0 aliphatic rings. The molecule has 0 radical (unpaired) electrons. The van der Waals surface area contributed by atoms with Gasteiger partial charge in [-0.25, -0.2) is 13.1 Å². The topological polar surface area (TPSA) is 134 Å². The minimum Gasteiger partial charge on any atom is -0.507 e. The monoisotopic (exact) mass is 421 g/mol. The number of hydrogen-bond donors (Lipinski definition) is 4. The molecule has 2 rings (SSSR count). The van der Waals surface area contributed by atoms with Crippen molar-refractivity contribution in [3.05, 3.63) is 53.6 Å². The largest absolute Gasteiger partial charge is 0.507 e. The zero-order valence-corrected chi connectivity index (χ0v) is 17.3. The number of para-hydroxylation sites is 1. The molecule has 0 atom stereocenters. The maximum atomic E-state index is 12.7. The first-order valence-corrected chi connectivity index (χ1v) is 10.0. The summed E-state index contributed by atoms with van der Waals surface area (Å²) < 4.78 is 32.9. The Kier molecular flexibility index (Phi) is 6.50. The number of amides is 2. The van der Waals surface area contributed by atoms with Gasteiger partial charge in [0.1, 0.15) is 16.4 Å². The average molecular weight is 421 g/mol. The minimum absolute atomic E-state index is 0.0160. The van der Waals surface area contributed by atoms with Crippen LogP contribution in [0.1, 0.15) is 41.5 Å². The number of benzene rings is 2. The molecule has 2 aromatic carbocycles. The van der Waals surface area contributed by atoms with Crippen LogP contribution in [0.3, 0.4) is 0 Å². The van der Waals surface area contributed by atoms with Crippen LogP contribution in [0.25, 0.3) is 0 Å². The fourth-order valence-electron chi connectivity index (χ4n) is 2.40. The molecule has 10 heteroatoms. The average Bonchev–Trinajstić information content (AvgIpc) is 2.63. The number of phenolic OH excluding ortho intramolecular Hbond substituents is 1. The molecule has 0 bridgehead atoms. The van der Waals surface area contributed by atoms with Crippen molar-refractivity contribution in [1.82, 2.24) is 15.6 Å². The molecule has 0 aromatic heterocycles. The van der Waals surface area contributed by atoms with Gasteiger partial charge in [0.05, 0.1) is 12.7 Å². The first-order valence-electron chi connectivity index (χ1n) is 8.55. The Morgan fingerprint density at radius 1 is 1.00 bits per heavy atom. The van der Waals surface area contributed by atoms with E-state index in [1.54, 1.807) is 32.9 Å². The van der Waals surface area contributed by atoms with Gasteiger partial charge in [-0.05, 0) is 51.1 Å². The number of hydrazine groups is 1. The van der Waals surface area contributed by atoms with Gasteiger partial charge in [0.2, 0.25) is 10.0 Å². The van der Waals surface area contributed by atoms with Crippen LogP contribution >= 0.6 is 0 Å². The number of carbonyl (C=O) groups excluding carboxylic acids is 2. The van der Waals surface area contributed by atoms with Crippen molar-refractivity contribution in [2.75, 3.05) is 7.11 Å². The third-order valence-corrected chi connectivity index (χ3v) is 5.37. The van der Waals surface area contributed by atoms with E-state index in [4.69, 9.17) is 4.74 Å². The standard InChI is InChI=1S/C19H23N3O6S/c1-19(2,3)22-29(26,27)16-11-12(9-10-15(16)28-4)17(24)20-21-18(25)13-7-5-6-8-14(13)23/h5-11,22-23H,1-4H3,(H,20,24)(H,21,25). The lowest BCUT2D eigenvalue weighted by atomic mass is 10.1. The highest BCUT2D eigenvalue weighted by atomic mass is 32.2. The molecule has 0 aliphatic carbocycles. The molecule has 29 heavy (non-hydrogen) atoms. The molecule has 0 aliphatic heterocycles. The van der Waals surface area contributed by atoms with Crippen LogP contribution in [-0.4, -0.2) is 38.0 Å². The number of nitrogens with one attached hydrogen (secondary N) is 3. The summed E-state index contributed by atoms with van der Waals surface area (Å²) in [6.07, 6.45) is 0. The van der Waals surface area contributed by atoms with E-state index in [1.165, 1.54) is 31.4 Å². The fourth-order valence-corrected chi connectivity index (χ4v) is 4.02. The van der Waals surface area contributed by atoms with Gasteiger partial charge in [0, 0.05) is 11.1 Å². The van der Waals surface area contributed by atoms with E-state index in [2.05, 4.69) is 15.6 Å². The van der Waals surface area contributed by atoms with Crippen molar-refractivity contribution >= 4 is 21.8 Å². The van der Waals surface area contributed by atoms with Crippen molar-refractivity contribution in [3.63, 3.8) is 0 Å². The summed E-state index contributed by atoms with van der Waals surface area (Å²) in [5.74, 6) is -1.65. The van der Waals surface area contributed by atoms with E-state index >= 15 is 0 Å². The molecule has 0 saturated heterocycles. The van der Waals surface area contributed by atoms with E-state index in [9.17, 15) is 23.1 Å². The number of ether oxygens (including phenoxy) is 1. The van der Waals surface area contributed by atoms with Crippen LogP contribution in [0.5, 0.6) is 11.5 Å². The molecule has 9 nitrogen and oxygen atoms in total. The zero-order chi connectivity index (χ0) is 21.8. The SMILES string of the molecule is COc1ccc(C(=O)NNC(=O)c2ccccc2O)cc1S(=O)(=O)NC(C)(C)C. The van der Waals surface area contributed by atoms with Gasteiger partial charge in [-0.2, -0.15) is 0 Å². The maximum absolute atomic E-state index is 12.7. The number of methoxy groups -OCH3 is 1. The molecule has 0 saturated carbocycles. The third-order valence-electron chi connectivity index (χ3n) is 3.59. The van der Waals surface area contributed by atoms with Crippen LogP contribution in [0.2, 0.25) is 0 Å². The first-order chi connectivity index (χ1) is 13.4. The Balaban J connectivity index is 2.23. The van der Waals surface area contributed by atoms with E-state index in [0.717, 1.165) is 6.07 Å². The molecule has 0 spiro atoms. The molecular formula is C19H23N3O6S. The van der Waals surface area contributed by atoms with Gasteiger partial charge in [0.15, 0.2) is 0 Å². The van der Waals surface area contributed by atoms with Gasteiger partial charge in [-0.1, -0.05) is 12.1 Å². The number of phenols is 1. The lowest BCUT2D eigenvalue weighted by Gasteiger charge is -2.21. The Morgan fingerprint density at radius 2 is 1.62 bits per heavy atom. The van der Waals surface area contributed by atoms with Crippen LogP contribution in [0, 0.1) is 0 Å². The maximum Gasteiger partial charge on any atom is 0.273 e. The second kappa shape index (κ2) is 8.50. The zero-order valence-electron chi connectivity index (χ0n) is 16.4. The van der Waals surface area contributed by atoms with Gasteiger partial charge >= 0.3 is 0 Å². The molecular weight excluding hydrogens is 398 g/mol. The van der Waals surface area contributed by atoms with Gasteiger partial charge in [-0.15, -0.1) is 0 Å². The molecule has 156 valence electrons. The van der Waals surface area contributed by atoms with Crippen molar-refractivity contribution in [1.29, 1.82) is 0 Å². The normalized spacial score (nSPS) is 11.6. The van der Waals surface area contributed by atoms with E-state index in [1.807, 2.05) is 0 Å². The van der Waals surface area contributed by atoms with E-state index < -0.39 is 27.4 Å². The quantitative estimate of drug-likeness (QED) is 0.541. The van der Waals surface area contributed by atoms with Crippen molar-refractivity contribution in [3.8, 4) is 11.5 Å².